The molecule has 0 saturated carbocycles. The van der Waals surface area contributed by atoms with Gasteiger partial charge < -0.3 is 29.4 Å². The lowest BCUT2D eigenvalue weighted by Crippen LogP contribution is -2.50. The molecule has 0 atom stereocenters. The second kappa shape index (κ2) is 19.1. The van der Waals surface area contributed by atoms with Crippen LogP contribution in [0.4, 0.5) is 11.4 Å². The summed E-state index contributed by atoms with van der Waals surface area (Å²) < 4.78 is 0. The number of fused-ring (bicyclic) bond motifs is 2. The molecule has 10 nitrogen and oxygen atoms in total. The molecule has 8 rings (SSSR count). The zero-order valence-electron chi connectivity index (χ0n) is 32.7. The number of benzene rings is 2. The van der Waals surface area contributed by atoms with Crippen LogP contribution in [0.2, 0.25) is 10.0 Å². The van der Waals surface area contributed by atoms with Crippen molar-refractivity contribution in [3.05, 3.63) is 71.0 Å². The van der Waals surface area contributed by atoms with Crippen LogP contribution >= 0.6 is 23.2 Å². The molecule has 0 N–H and O–H groups in total. The summed E-state index contributed by atoms with van der Waals surface area (Å²) in [6, 6.07) is 16.4. The molecular weight excluding hydrogens is 727 g/mol. The highest BCUT2D eigenvalue weighted by Crippen LogP contribution is 2.29. The number of hydrogen-bond donors (Lipinski definition) is 0. The maximum Gasteiger partial charge on any atom is 0.0737 e. The van der Waals surface area contributed by atoms with Crippen LogP contribution in [0, 0.1) is 0 Å². The zero-order chi connectivity index (χ0) is 37.4. The standard InChI is InChI=1S/C43H60Cl2N10/c44-36-4-6-38-40(34-36)46-10-8-42(38)54-30-26-52(27-31-54)16-2-14-50-22-18-48(19-23-50)12-1-13-49-20-24-51(25-21-49)15-3-17-53-28-32-55(33-29-53)43-9-11-47-41-35-37(45)5-7-39(41)43/h4-11,34-35H,1-3,12-33H2. The van der Waals surface area contributed by atoms with Gasteiger partial charge in [-0.1, -0.05) is 23.2 Å². The fraction of sp³-hybridized carbons (Fsp3) is 0.581. The van der Waals surface area contributed by atoms with Crippen LogP contribution < -0.4 is 9.80 Å². The van der Waals surface area contributed by atoms with Gasteiger partial charge in [0.25, 0.3) is 0 Å². The van der Waals surface area contributed by atoms with Gasteiger partial charge in [0, 0.05) is 149 Å². The third-order valence-corrected chi connectivity index (χ3v) is 13.0. The summed E-state index contributed by atoms with van der Waals surface area (Å²) in [5, 5.41) is 3.89. The van der Waals surface area contributed by atoms with E-state index in [1.165, 1.54) is 133 Å². The fourth-order valence-corrected chi connectivity index (χ4v) is 9.55. The lowest BCUT2D eigenvalue weighted by molar-refractivity contribution is 0.106. The highest BCUT2D eigenvalue weighted by Gasteiger charge is 2.23. The number of anilines is 2. The van der Waals surface area contributed by atoms with Crippen molar-refractivity contribution in [1.29, 1.82) is 0 Å². The van der Waals surface area contributed by atoms with E-state index < -0.39 is 0 Å². The van der Waals surface area contributed by atoms with Gasteiger partial charge in [-0.3, -0.25) is 19.8 Å². The van der Waals surface area contributed by atoms with Crippen molar-refractivity contribution in [3.8, 4) is 0 Å². The number of hydrogen-bond acceptors (Lipinski definition) is 10. The number of rotatable bonds is 14. The van der Waals surface area contributed by atoms with Gasteiger partial charge in [-0.15, -0.1) is 0 Å². The number of piperazine rings is 4. The van der Waals surface area contributed by atoms with Crippen LogP contribution in [0.1, 0.15) is 19.3 Å². The molecule has 4 fully saturated rings. The second-order valence-electron chi connectivity index (χ2n) is 16.1. The summed E-state index contributed by atoms with van der Waals surface area (Å²) in [6.45, 7) is 25.9. The number of halogens is 2. The van der Waals surface area contributed by atoms with Gasteiger partial charge in [-0.2, -0.15) is 0 Å². The first-order valence-electron chi connectivity index (χ1n) is 21.0. The Hall–Kier alpha value is -2.80. The number of pyridine rings is 2. The lowest BCUT2D eigenvalue weighted by Gasteiger charge is -2.38. The third-order valence-electron chi connectivity index (χ3n) is 12.6. The van der Waals surface area contributed by atoms with E-state index in [9.17, 15) is 0 Å². The molecule has 4 aliphatic rings. The fourth-order valence-electron chi connectivity index (χ4n) is 9.22. The Morgan fingerprint density at radius 3 is 0.982 bits per heavy atom. The molecule has 0 spiro atoms. The van der Waals surface area contributed by atoms with Crippen LogP contribution in [0.5, 0.6) is 0 Å². The first-order chi connectivity index (χ1) is 27.0. The van der Waals surface area contributed by atoms with E-state index in [2.05, 4.69) is 73.4 Å². The molecule has 2 aromatic carbocycles. The summed E-state index contributed by atoms with van der Waals surface area (Å²) in [5.74, 6) is 0. The van der Waals surface area contributed by atoms with Crippen molar-refractivity contribution in [3.63, 3.8) is 0 Å². The Morgan fingerprint density at radius 1 is 0.382 bits per heavy atom. The van der Waals surface area contributed by atoms with Crippen molar-refractivity contribution in [2.75, 3.05) is 154 Å². The number of nitrogens with zero attached hydrogens (tertiary/aromatic N) is 10. The molecule has 12 heteroatoms. The summed E-state index contributed by atoms with van der Waals surface area (Å²) in [7, 11) is 0. The van der Waals surface area contributed by atoms with Gasteiger partial charge in [0.1, 0.15) is 0 Å². The molecule has 55 heavy (non-hydrogen) atoms. The topological polar surface area (TPSA) is 51.7 Å². The van der Waals surface area contributed by atoms with E-state index in [1.54, 1.807) is 0 Å². The summed E-state index contributed by atoms with van der Waals surface area (Å²) in [6.07, 6.45) is 7.66. The van der Waals surface area contributed by atoms with Crippen LogP contribution in [-0.4, -0.2) is 183 Å². The van der Waals surface area contributed by atoms with Crippen LogP contribution in [0.3, 0.4) is 0 Å². The second-order valence-corrected chi connectivity index (χ2v) is 16.9. The average molecular weight is 788 g/mol. The molecule has 296 valence electrons. The van der Waals surface area contributed by atoms with E-state index in [1.807, 2.05) is 36.7 Å². The van der Waals surface area contributed by atoms with E-state index >= 15 is 0 Å². The van der Waals surface area contributed by atoms with Crippen LogP contribution in [0.15, 0.2) is 60.9 Å². The molecule has 4 saturated heterocycles. The van der Waals surface area contributed by atoms with E-state index in [0.29, 0.717) is 0 Å². The molecule has 0 amide bonds. The minimum Gasteiger partial charge on any atom is -0.368 e. The van der Waals surface area contributed by atoms with Gasteiger partial charge in [0.05, 0.1) is 11.0 Å². The minimum absolute atomic E-state index is 0.746. The minimum atomic E-state index is 0.746. The Balaban J connectivity index is 0.638. The zero-order valence-corrected chi connectivity index (χ0v) is 34.2. The molecule has 4 aliphatic heterocycles. The quantitative estimate of drug-likeness (QED) is 0.165. The highest BCUT2D eigenvalue weighted by molar-refractivity contribution is 6.31. The molecule has 0 radical (unpaired) electrons. The lowest BCUT2D eigenvalue weighted by atomic mass is 10.1. The third kappa shape index (κ3) is 10.4. The van der Waals surface area contributed by atoms with Gasteiger partial charge in [-0.05, 0) is 107 Å². The number of aromatic nitrogens is 2. The van der Waals surface area contributed by atoms with Gasteiger partial charge >= 0.3 is 0 Å². The predicted molar refractivity (Wildman–Crippen MR) is 230 cm³/mol. The molecule has 2 aromatic heterocycles. The average Bonchev–Trinajstić information content (AvgIpc) is 3.22. The Morgan fingerprint density at radius 2 is 0.673 bits per heavy atom. The van der Waals surface area contributed by atoms with Gasteiger partial charge in [0.15, 0.2) is 0 Å². The maximum absolute atomic E-state index is 6.21. The SMILES string of the molecule is Clc1ccc2c(N3CCN(CCCN4CCN(CCCN5CCN(CCCN6CCN(c7ccnc8cc(Cl)ccc78)CC6)CC5)CC4)CC3)ccnc2c1. The van der Waals surface area contributed by atoms with Gasteiger partial charge in [0.2, 0.25) is 0 Å². The monoisotopic (exact) mass is 786 g/mol. The van der Waals surface area contributed by atoms with Crippen LogP contribution in [-0.2, 0) is 0 Å². The van der Waals surface area contributed by atoms with Crippen molar-refractivity contribution in [1.82, 2.24) is 39.4 Å². The van der Waals surface area contributed by atoms with E-state index in [-0.39, 0.29) is 0 Å². The molecule has 0 bridgehead atoms. The molecule has 0 unspecified atom stereocenters. The normalized spacial score (nSPS) is 20.6. The highest BCUT2D eigenvalue weighted by atomic mass is 35.5. The van der Waals surface area contributed by atoms with Crippen molar-refractivity contribution < 1.29 is 0 Å². The predicted octanol–water partition coefficient (Wildman–Crippen LogP) is 5.44. The molecule has 6 heterocycles. The van der Waals surface area contributed by atoms with E-state index in [4.69, 9.17) is 23.2 Å². The van der Waals surface area contributed by atoms with Gasteiger partial charge in [-0.25, -0.2) is 0 Å². The molecular formula is C43H60Cl2N10. The Bertz CT molecular complexity index is 1680. The van der Waals surface area contributed by atoms with Crippen LogP contribution in [0.25, 0.3) is 21.8 Å². The first kappa shape index (κ1) is 39.0. The van der Waals surface area contributed by atoms with Crippen molar-refractivity contribution >= 4 is 56.4 Å². The summed E-state index contributed by atoms with van der Waals surface area (Å²) >= 11 is 12.4. The Kier molecular flexibility index (Phi) is 13.6. The van der Waals surface area contributed by atoms with Crippen molar-refractivity contribution in [2.45, 2.75) is 19.3 Å². The smallest absolute Gasteiger partial charge is 0.0737 e. The molecule has 4 aromatic rings. The summed E-state index contributed by atoms with van der Waals surface area (Å²) in [4.78, 5) is 30.2. The van der Waals surface area contributed by atoms with E-state index in [0.717, 1.165) is 73.4 Å². The van der Waals surface area contributed by atoms with Crippen molar-refractivity contribution in [2.24, 2.45) is 0 Å². The Labute approximate surface area is 338 Å². The molecule has 0 aliphatic carbocycles. The largest absolute Gasteiger partial charge is 0.368 e. The summed E-state index contributed by atoms with van der Waals surface area (Å²) in [5.41, 5.74) is 4.53. The maximum atomic E-state index is 6.21. The first-order valence-corrected chi connectivity index (χ1v) is 21.7.